The Labute approximate surface area is 110 Å². The van der Waals surface area contributed by atoms with E-state index in [2.05, 4.69) is 15.3 Å². The van der Waals surface area contributed by atoms with Crippen molar-refractivity contribution in [2.24, 2.45) is 10.7 Å². The minimum atomic E-state index is -4.41. The molecule has 4 N–H and O–H groups in total. The molecule has 0 spiro atoms. The fraction of sp³-hybridized carbons (Fsp3) is 0.444. The first kappa shape index (κ1) is 15.2. The molecule has 0 aliphatic carbocycles. The van der Waals surface area contributed by atoms with Gasteiger partial charge in [-0.2, -0.15) is 13.2 Å². The van der Waals surface area contributed by atoms with Gasteiger partial charge >= 0.3 is 12.1 Å². The third-order valence-corrected chi connectivity index (χ3v) is 2.62. The predicted molar refractivity (Wildman–Crippen MR) is 64.2 cm³/mol. The molecule has 0 saturated carbocycles. The highest BCUT2D eigenvalue weighted by Gasteiger charge is 2.26. The number of carbonyl (C=O) groups is 1. The van der Waals surface area contributed by atoms with Crippen molar-refractivity contribution in [3.63, 3.8) is 0 Å². The Morgan fingerprint density at radius 1 is 1.58 bits per heavy atom. The van der Waals surface area contributed by atoms with Crippen molar-refractivity contribution < 1.29 is 23.1 Å². The number of carboxylic acids is 1. The molecule has 106 valence electrons. The molecule has 10 heteroatoms. The van der Waals surface area contributed by atoms with Gasteiger partial charge in [-0.1, -0.05) is 0 Å². The van der Waals surface area contributed by atoms with Crippen LogP contribution in [0.15, 0.2) is 10.4 Å². The molecule has 6 nitrogen and oxygen atoms in total. The van der Waals surface area contributed by atoms with Crippen LogP contribution < -0.4 is 11.1 Å². The van der Waals surface area contributed by atoms with E-state index >= 15 is 0 Å². The molecule has 0 amide bonds. The highest BCUT2D eigenvalue weighted by Crippen LogP contribution is 2.17. The van der Waals surface area contributed by atoms with Crippen LogP contribution >= 0.6 is 11.3 Å². The summed E-state index contributed by atoms with van der Waals surface area (Å²) in [5.41, 5.74) is 5.78. The lowest BCUT2D eigenvalue weighted by atomic mass is 10.3. The highest BCUT2D eigenvalue weighted by molar-refractivity contribution is 7.13. The lowest BCUT2D eigenvalue weighted by Crippen LogP contribution is -2.25. The van der Waals surface area contributed by atoms with E-state index in [1.807, 2.05) is 0 Å². The smallest absolute Gasteiger partial charge is 0.408 e. The zero-order chi connectivity index (χ0) is 14.5. The molecule has 0 atom stereocenters. The van der Waals surface area contributed by atoms with Gasteiger partial charge in [0.15, 0.2) is 11.1 Å². The fourth-order valence-corrected chi connectivity index (χ4v) is 1.79. The number of alkyl halides is 3. The number of nitrogens with zero attached hydrogens (tertiary/aromatic N) is 2. The van der Waals surface area contributed by atoms with Crippen molar-refractivity contribution in [3.05, 3.63) is 11.1 Å². The molecule has 1 aromatic heterocycles. The molecule has 0 unspecified atom stereocenters. The molecule has 0 radical (unpaired) electrons. The number of aliphatic carboxylic acids is 1. The molecule has 0 aliphatic heterocycles. The molecule has 1 aromatic rings. The Bertz CT molecular complexity index is 472. The summed E-state index contributed by atoms with van der Waals surface area (Å²) in [4.78, 5) is 17.4. The van der Waals surface area contributed by atoms with Crippen LogP contribution in [0, 0.1) is 0 Å². The molecular formula is C9H11F3N4O2S. The van der Waals surface area contributed by atoms with E-state index in [1.54, 1.807) is 5.38 Å². The standard InChI is InChI=1S/C9H11F3N4O2S/c10-9(11,12)4-14-7(13)16-8-15-5(3-19-8)1-2-6(17)18/h3H,1-2,4H2,(H,17,18)(H3,13,14,15,16). The van der Waals surface area contributed by atoms with Gasteiger partial charge in [-0.15, -0.1) is 11.3 Å². The van der Waals surface area contributed by atoms with Gasteiger partial charge in [0, 0.05) is 11.8 Å². The number of hydrogen-bond donors (Lipinski definition) is 3. The molecule has 1 rings (SSSR count). The topological polar surface area (TPSA) is 101 Å². The van der Waals surface area contributed by atoms with Gasteiger partial charge in [0.05, 0.1) is 12.1 Å². The van der Waals surface area contributed by atoms with Crippen molar-refractivity contribution in [1.82, 2.24) is 4.98 Å². The third-order valence-electron chi connectivity index (χ3n) is 1.81. The van der Waals surface area contributed by atoms with Crippen LogP contribution in [0.1, 0.15) is 12.1 Å². The molecule has 0 saturated heterocycles. The van der Waals surface area contributed by atoms with Crippen molar-refractivity contribution in [2.45, 2.75) is 19.0 Å². The van der Waals surface area contributed by atoms with Crippen molar-refractivity contribution in [2.75, 3.05) is 11.9 Å². The van der Waals surface area contributed by atoms with E-state index in [0.717, 1.165) is 11.3 Å². The minimum absolute atomic E-state index is 0.0686. The largest absolute Gasteiger partial charge is 0.481 e. The van der Waals surface area contributed by atoms with Crippen LogP contribution in [0.5, 0.6) is 0 Å². The summed E-state index contributed by atoms with van der Waals surface area (Å²) >= 11 is 1.11. The second-order valence-corrected chi connectivity index (χ2v) is 4.34. The maximum atomic E-state index is 11.9. The van der Waals surface area contributed by atoms with Crippen LogP contribution in [0.25, 0.3) is 0 Å². The number of thiazole rings is 1. The number of aromatic nitrogens is 1. The minimum Gasteiger partial charge on any atom is -0.481 e. The summed E-state index contributed by atoms with van der Waals surface area (Å²) in [5, 5.41) is 12.8. The number of nitrogens with two attached hydrogens (primary N) is 1. The maximum absolute atomic E-state index is 11.9. The van der Waals surface area contributed by atoms with Gasteiger partial charge in [0.1, 0.15) is 6.54 Å². The number of aliphatic imine (C=N–C) groups is 1. The molecule has 0 aliphatic rings. The molecule has 0 bridgehead atoms. The number of halogens is 3. The van der Waals surface area contributed by atoms with E-state index in [-0.39, 0.29) is 18.0 Å². The van der Waals surface area contributed by atoms with E-state index in [0.29, 0.717) is 5.69 Å². The Morgan fingerprint density at radius 3 is 2.84 bits per heavy atom. The quantitative estimate of drug-likeness (QED) is 0.564. The SMILES string of the molecule is NC(=NCC(F)(F)F)Nc1nc(CCC(=O)O)cs1. The molecule has 0 aromatic carbocycles. The summed E-state index contributed by atoms with van der Waals surface area (Å²) in [5.74, 6) is -1.34. The van der Waals surface area contributed by atoms with Crippen LogP contribution in [-0.2, 0) is 11.2 Å². The van der Waals surface area contributed by atoms with Crippen molar-refractivity contribution >= 4 is 28.4 Å². The number of guanidine groups is 1. The molecule has 19 heavy (non-hydrogen) atoms. The lowest BCUT2D eigenvalue weighted by Gasteiger charge is -2.04. The summed E-state index contributed by atoms with van der Waals surface area (Å²) in [7, 11) is 0. The Kier molecular flexibility index (Phi) is 5.10. The summed E-state index contributed by atoms with van der Waals surface area (Å²) in [6.07, 6.45) is -4.24. The van der Waals surface area contributed by atoms with Crippen LogP contribution in [0.2, 0.25) is 0 Å². The number of rotatable bonds is 5. The summed E-state index contributed by atoms with van der Waals surface area (Å²) < 4.78 is 35.6. The molecule has 1 heterocycles. The Hall–Kier alpha value is -1.84. The van der Waals surface area contributed by atoms with E-state index in [4.69, 9.17) is 10.8 Å². The normalized spacial score (nSPS) is 12.5. The Morgan fingerprint density at radius 2 is 2.26 bits per heavy atom. The monoisotopic (exact) mass is 296 g/mol. The third kappa shape index (κ3) is 6.60. The van der Waals surface area contributed by atoms with Crippen LogP contribution in [0.4, 0.5) is 18.3 Å². The number of aryl methyl sites for hydroxylation is 1. The zero-order valence-corrected chi connectivity index (χ0v) is 10.4. The molecular weight excluding hydrogens is 285 g/mol. The summed E-state index contributed by atoms with van der Waals surface area (Å²) in [6, 6.07) is 0. The average molecular weight is 296 g/mol. The van der Waals surface area contributed by atoms with E-state index in [9.17, 15) is 18.0 Å². The van der Waals surface area contributed by atoms with Gasteiger partial charge in [-0.05, 0) is 0 Å². The van der Waals surface area contributed by atoms with Crippen molar-refractivity contribution in [3.8, 4) is 0 Å². The first-order valence-corrected chi connectivity index (χ1v) is 5.94. The average Bonchev–Trinajstić information content (AvgIpc) is 2.70. The van der Waals surface area contributed by atoms with Gasteiger partial charge < -0.3 is 16.2 Å². The zero-order valence-electron chi connectivity index (χ0n) is 9.57. The second kappa shape index (κ2) is 6.36. The predicted octanol–water partition coefficient (Wildman–Crippen LogP) is 1.45. The number of carboxylic acid groups (broad SMARTS) is 1. The first-order valence-electron chi connectivity index (χ1n) is 5.06. The molecule has 0 fully saturated rings. The first-order chi connectivity index (χ1) is 8.76. The van der Waals surface area contributed by atoms with Crippen LogP contribution in [-0.4, -0.2) is 34.7 Å². The van der Waals surface area contributed by atoms with E-state index < -0.39 is 24.6 Å². The maximum Gasteiger partial charge on any atom is 0.408 e. The number of nitrogens with one attached hydrogen (secondary N) is 1. The summed E-state index contributed by atoms with van der Waals surface area (Å²) in [6.45, 7) is -1.37. The Balaban J connectivity index is 2.51. The number of anilines is 1. The van der Waals surface area contributed by atoms with Crippen LogP contribution in [0.3, 0.4) is 0 Å². The number of hydrogen-bond acceptors (Lipinski definition) is 4. The highest BCUT2D eigenvalue weighted by atomic mass is 32.1. The fourth-order valence-electron chi connectivity index (χ4n) is 1.04. The van der Waals surface area contributed by atoms with Gasteiger partial charge in [0.2, 0.25) is 0 Å². The second-order valence-electron chi connectivity index (χ2n) is 3.48. The van der Waals surface area contributed by atoms with Crippen molar-refractivity contribution in [1.29, 1.82) is 0 Å². The van der Waals surface area contributed by atoms with Gasteiger partial charge in [0.25, 0.3) is 0 Å². The van der Waals surface area contributed by atoms with Gasteiger partial charge in [-0.3, -0.25) is 4.79 Å². The van der Waals surface area contributed by atoms with E-state index in [1.165, 1.54) is 0 Å². The van der Waals surface area contributed by atoms with Gasteiger partial charge in [-0.25, -0.2) is 9.98 Å². The lowest BCUT2D eigenvalue weighted by molar-refractivity contribution is -0.137.